The van der Waals surface area contributed by atoms with Crippen LogP contribution in [0, 0.1) is 5.82 Å². The zero-order valence-electron chi connectivity index (χ0n) is 15.6. The number of nitrogens with zero attached hydrogens (tertiary/aromatic N) is 2. The van der Waals surface area contributed by atoms with E-state index in [4.69, 9.17) is 10.5 Å². The van der Waals surface area contributed by atoms with E-state index in [1.807, 2.05) is 30.3 Å². The number of rotatable bonds is 6. The van der Waals surface area contributed by atoms with Crippen molar-refractivity contribution < 1.29 is 9.13 Å². The highest BCUT2D eigenvalue weighted by Crippen LogP contribution is 2.44. The number of hydrogen-bond acceptors (Lipinski definition) is 4. The zero-order chi connectivity index (χ0) is 19.5. The molecule has 0 spiro atoms. The Morgan fingerprint density at radius 3 is 2.64 bits per heavy atom. The van der Waals surface area contributed by atoms with Crippen molar-refractivity contribution >= 4 is 11.9 Å². The minimum Gasteiger partial charge on any atom is -0.485 e. The summed E-state index contributed by atoms with van der Waals surface area (Å²) in [5.41, 5.74) is 9.27. The first-order valence-electron chi connectivity index (χ1n) is 9.41. The normalized spacial score (nSPS) is 13.8. The van der Waals surface area contributed by atoms with E-state index in [0.29, 0.717) is 28.7 Å². The maximum absolute atomic E-state index is 15.5. The minimum absolute atomic E-state index is 0.274. The maximum Gasteiger partial charge on any atom is 0.174 e. The summed E-state index contributed by atoms with van der Waals surface area (Å²) in [6.45, 7) is 4.11. The number of ether oxygens (including phenoxy) is 1. The molecule has 1 heterocycles. The van der Waals surface area contributed by atoms with Gasteiger partial charge in [-0.3, -0.25) is 4.98 Å². The molecule has 0 saturated heterocycles. The number of anilines is 1. The molecule has 0 amide bonds. The number of halogens is 1. The standard InChI is InChI=1S/C23H22FN3O/c1-2-15-6-3-4-7-17(15)14-28-23-18(16-8-5-9-16)10-11-19(22(23)24)20-12-27-21(25)13-26-20/h2-4,6-7,10-13,16H,1,5,8-9,14H2,(H2,25,27). The van der Waals surface area contributed by atoms with E-state index >= 15 is 4.39 Å². The Hall–Kier alpha value is -3.21. The summed E-state index contributed by atoms with van der Waals surface area (Å²) in [6, 6.07) is 11.5. The van der Waals surface area contributed by atoms with Crippen LogP contribution < -0.4 is 10.5 Å². The van der Waals surface area contributed by atoms with Gasteiger partial charge in [0.1, 0.15) is 12.4 Å². The van der Waals surface area contributed by atoms with Gasteiger partial charge in [-0.05, 0) is 36.0 Å². The topological polar surface area (TPSA) is 61.0 Å². The molecule has 4 nitrogen and oxygen atoms in total. The first-order chi connectivity index (χ1) is 13.7. The number of benzene rings is 2. The number of aromatic nitrogens is 2. The fourth-order valence-electron chi connectivity index (χ4n) is 3.45. The lowest BCUT2D eigenvalue weighted by molar-refractivity contribution is 0.278. The summed E-state index contributed by atoms with van der Waals surface area (Å²) in [4.78, 5) is 8.23. The molecule has 2 N–H and O–H groups in total. The molecule has 5 heteroatoms. The quantitative estimate of drug-likeness (QED) is 0.630. The molecule has 1 fully saturated rings. The van der Waals surface area contributed by atoms with Gasteiger partial charge in [-0.15, -0.1) is 0 Å². The third-order valence-corrected chi connectivity index (χ3v) is 5.27. The molecule has 142 valence electrons. The number of nitrogens with two attached hydrogens (primary N) is 1. The van der Waals surface area contributed by atoms with Gasteiger partial charge >= 0.3 is 0 Å². The molecule has 0 bridgehead atoms. The van der Waals surface area contributed by atoms with Crippen molar-refractivity contribution in [2.24, 2.45) is 0 Å². The van der Waals surface area contributed by atoms with E-state index in [9.17, 15) is 0 Å². The molecule has 2 aromatic carbocycles. The molecule has 0 atom stereocenters. The van der Waals surface area contributed by atoms with Gasteiger partial charge in [-0.2, -0.15) is 0 Å². The summed E-state index contributed by atoms with van der Waals surface area (Å²) in [5, 5.41) is 0. The van der Waals surface area contributed by atoms with Crippen molar-refractivity contribution in [3.63, 3.8) is 0 Å². The van der Waals surface area contributed by atoms with Crippen LogP contribution in [-0.4, -0.2) is 9.97 Å². The monoisotopic (exact) mass is 375 g/mol. The van der Waals surface area contributed by atoms with Crippen LogP contribution in [0.4, 0.5) is 10.2 Å². The molecule has 1 aliphatic carbocycles. The van der Waals surface area contributed by atoms with Gasteiger partial charge in [0.15, 0.2) is 11.6 Å². The Bertz CT molecular complexity index is 997. The van der Waals surface area contributed by atoms with Gasteiger partial charge in [-0.1, -0.05) is 49.4 Å². The Balaban J connectivity index is 1.71. The SMILES string of the molecule is C=Cc1ccccc1COc1c(C2CCC2)ccc(-c2cnc(N)cn2)c1F. The van der Waals surface area contributed by atoms with Gasteiger partial charge < -0.3 is 10.5 Å². The predicted octanol–water partition coefficient (Wildman–Crippen LogP) is 5.35. The Morgan fingerprint density at radius 1 is 1.14 bits per heavy atom. The van der Waals surface area contributed by atoms with Crippen LogP contribution in [0.2, 0.25) is 0 Å². The fraction of sp³-hybridized carbons (Fsp3) is 0.217. The highest BCUT2D eigenvalue weighted by atomic mass is 19.1. The van der Waals surface area contributed by atoms with E-state index in [1.54, 1.807) is 12.1 Å². The molecule has 28 heavy (non-hydrogen) atoms. The van der Waals surface area contributed by atoms with Crippen LogP contribution in [-0.2, 0) is 6.61 Å². The summed E-state index contributed by atoms with van der Waals surface area (Å²) >= 11 is 0. The van der Waals surface area contributed by atoms with E-state index in [-0.39, 0.29) is 6.61 Å². The van der Waals surface area contributed by atoms with Crippen molar-refractivity contribution in [3.8, 4) is 17.0 Å². The summed E-state index contributed by atoms with van der Waals surface area (Å²) in [7, 11) is 0. The zero-order valence-corrected chi connectivity index (χ0v) is 15.6. The number of nitrogen functional groups attached to an aromatic ring is 1. The lowest BCUT2D eigenvalue weighted by Crippen LogP contribution is -2.12. The van der Waals surface area contributed by atoms with Crippen molar-refractivity contribution in [2.75, 3.05) is 5.73 Å². The predicted molar refractivity (Wildman–Crippen MR) is 109 cm³/mol. The van der Waals surface area contributed by atoms with Crippen molar-refractivity contribution in [1.29, 1.82) is 0 Å². The lowest BCUT2D eigenvalue weighted by atomic mass is 9.79. The Labute approximate surface area is 163 Å². The largest absolute Gasteiger partial charge is 0.485 e. The van der Waals surface area contributed by atoms with E-state index < -0.39 is 5.82 Å². The molecule has 3 aromatic rings. The van der Waals surface area contributed by atoms with E-state index in [1.165, 1.54) is 12.4 Å². The first kappa shape index (κ1) is 18.2. The molecule has 0 radical (unpaired) electrons. The molecular formula is C23H22FN3O. The van der Waals surface area contributed by atoms with Crippen LogP contribution in [0.3, 0.4) is 0 Å². The second-order valence-corrected chi connectivity index (χ2v) is 6.99. The average molecular weight is 375 g/mol. The van der Waals surface area contributed by atoms with Gasteiger partial charge in [-0.25, -0.2) is 9.37 Å². The van der Waals surface area contributed by atoms with Crippen LogP contribution in [0.25, 0.3) is 17.3 Å². The second-order valence-electron chi connectivity index (χ2n) is 6.99. The highest BCUT2D eigenvalue weighted by Gasteiger charge is 2.27. The van der Waals surface area contributed by atoms with E-state index in [2.05, 4.69) is 16.5 Å². The molecule has 1 aliphatic rings. The maximum atomic E-state index is 15.5. The molecule has 0 unspecified atom stereocenters. The highest BCUT2D eigenvalue weighted by molar-refractivity contribution is 5.64. The third-order valence-electron chi connectivity index (χ3n) is 5.27. The Kier molecular flexibility index (Phi) is 5.06. The molecular weight excluding hydrogens is 353 g/mol. The van der Waals surface area contributed by atoms with Crippen LogP contribution in [0.5, 0.6) is 5.75 Å². The van der Waals surface area contributed by atoms with Crippen molar-refractivity contribution in [3.05, 3.63) is 77.9 Å². The summed E-state index contributed by atoms with van der Waals surface area (Å²) < 4.78 is 21.5. The van der Waals surface area contributed by atoms with Gasteiger partial charge in [0.2, 0.25) is 0 Å². The molecule has 1 saturated carbocycles. The minimum atomic E-state index is -0.403. The van der Waals surface area contributed by atoms with Crippen LogP contribution >= 0.6 is 0 Å². The van der Waals surface area contributed by atoms with Crippen molar-refractivity contribution in [2.45, 2.75) is 31.8 Å². The van der Waals surface area contributed by atoms with Crippen LogP contribution in [0.1, 0.15) is 41.9 Å². The van der Waals surface area contributed by atoms with E-state index in [0.717, 1.165) is 36.0 Å². The lowest BCUT2D eigenvalue weighted by Gasteiger charge is -2.28. The van der Waals surface area contributed by atoms with Gasteiger partial charge in [0, 0.05) is 11.1 Å². The van der Waals surface area contributed by atoms with Gasteiger partial charge in [0.25, 0.3) is 0 Å². The van der Waals surface area contributed by atoms with Crippen molar-refractivity contribution in [1.82, 2.24) is 9.97 Å². The fourth-order valence-corrected chi connectivity index (χ4v) is 3.45. The molecule has 1 aromatic heterocycles. The first-order valence-corrected chi connectivity index (χ1v) is 9.41. The molecule has 4 rings (SSSR count). The molecule has 0 aliphatic heterocycles. The summed E-state index contributed by atoms with van der Waals surface area (Å²) in [5.74, 6) is 0.540. The van der Waals surface area contributed by atoms with Gasteiger partial charge in [0.05, 0.1) is 18.1 Å². The van der Waals surface area contributed by atoms with Crippen LogP contribution in [0.15, 0.2) is 55.4 Å². The smallest absolute Gasteiger partial charge is 0.174 e. The average Bonchev–Trinajstić information content (AvgIpc) is 2.67. The second kappa shape index (κ2) is 7.80. The summed E-state index contributed by atoms with van der Waals surface area (Å²) in [6.07, 6.45) is 7.96. The number of hydrogen-bond donors (Lipinski definition) is 1. The third kappa shape index (κ3) is 3.48. The Morgan fingerprint density at radius 2 is 1.96 bits per heavy atom.